The van der Waals surface area contributed by atoms with Gasteiger partial charge in [0.05, 0.1) is 5.41 Å². The zero-order valence-electron chi connectivity index (χ0n) is 12.7. The van der Waals surface area contributed by atoms with Crippen molar-refractivity contribution in [3.8, 4) is 0 Å². The number of carbonyl (C=O) groups excluding carboxylic acids is 1. The van der Waals surface area contributed by atoms with Crippen molar-refractivity contribution >= 4 is 5.97 Å². The third kappa shape index (κ3) is 3.23. The van der Waals surface area contributed by atoms with Crippen LogP contribution in [0.5, 0.6) is 0 Å². The summed E-state index contributed by atoms with van der Waals surface area (Å²) in [6.07, 6.45) is 0.996. The summed E-state index contributed by atoms with van der Waals surface area (Å²) in [7, 11) is 0. The van der Waals surface area contributed by atoms with E-state index in [1.165, 1.54) is 0 Å². The summed E-state index contributed by atoms with van der Waals surface area (Å²) in [5.41, 5.74) is -1.49. The predicted octanol–water partition coefficient (Wildman–Crippen LogP) is 2.94. The van der Waals surface area contributed by atoms with Crippen molar-refractivity contribution in [3.05, 3.63) is 0 Å². The number of esters is 1. The average molecular weight is 256 g/mol. The maximum atomic E-state index is 12.2. The molecule has 0 aromatic heterocycles. The fourth-order valence-corrected chi connectivity index (χ4v) is 2.58. The number of rotatable bonds is 1. The Morgan fingerprint density at radius 3 is 1.83 bits per heavy atom. The van der Waals surface area contributed by atoms with E-state index in [0.29, 0.717) is 12.8 Å². The van der Waals surface area contributed by atoms with Crippen LogP contribution in [0.2, 0.25) is 0 Å². The Morgan fingerprint density at radius 1 is 1.11 bits per heavy atom. The highest BCUT2D eigenvalue weighted by atomic mass is 16.5. The molecule has 0 aromatic carbocycles. The molecule has 105 valence electrons. The standard InChI is InChI=1S/C14H26NO3/c1-12(2,3)11(16)18-10-8-13(4,5)15(17)14(6,7)9-10/h10H,8-9H2,1-7H3. The highest BCUT2D eigenvalue weighted by Gasteiger charge is 2.47. The van der Waals surface area contributed by atoms with Gasteiger partial charge >= 0.3 is 5.97 Å². The summed E-state index contributed by atoms with van der Waals surface area (Å²) >= 11 is 0. The zero-order valence-corrected chi connectivity index (χ0v) is 12.7. The molecule has 0 spiro atoms. The third-order valence-electron chi connectivity index (χ3n) is 3.44. The summed E-state index contributed by atoms with van der Waals surface area (Å²) in [5, 5.41) is 13.3. The van der Waals surface area contributed by atoms with Gasteiger partial charge in [-0.05, 0) is 48.5 Å². The van der Waals surface area contributed by atoms with Crippen molar-refractivity contribution in [2.24, 2.45) is 5.41 Å². The molecule has 1 fully saturated rings. The van der Waals surface area contributed by atoms with E-state index < -0.39 is 16.5 Å². The normalized spacial score (nSPS) is 24.9. The molecule has 0 amide bonds. The summed E-state index contributed by atoms with van der Waals surface area (Å²) in [6, 6.07) is 0. The molecule has 0 atom stereocenters. The van der Waals surface area contributed by atoms with Crippen LogP contribution in [-0.2, 0) is 14.7 Å². The molecule has 0 bridgehead atoms. The van der Waals surface area contributed by atoms with Crippen molar-refractivity contribution < 1.29 is 14.7 Å². The van der Waals surface area contributed by atoms with E-state index in [-0.39, 0.29) is 12.1 Å². The number of ether oxygens (including phenoxy) is 1. The van der Waals surface area contributed by atoms with Crippen molar-refractivity contribution in [3.63, 3.8) is 0 Å². The second-order valence-corrected chi connectivity index (χ2v) is 7.60. The van der Waals surface area contributed by atoms with E-state index in [1.807, 2.05) is 48.5 Å². The number of piperidine rings is 1. The molecule has 1 rings (SSSR count). The zero-order chi connectivity index (χ0) is 14.4. The smallest absolute Gasteiger partial charge is 0.311 e. The molecule has 1 radical (unpaired) electrons. The monoisotopic (exact) mass is 256 g/mol. The quantitative estimate of drug-likeness (QED) is 0.678. The maximum Gasteiger partial charge on any atom is 0.311 e. The Bertz CT molecular complexity index is 310. The van der Waals surface area contributed by atoms with Gasteiger partial charge in [0.1, 0.15) is 6.10 Å². The van der Waals surface area contributed by atoms with Gasteiger partial charge in [-0.3, -0.25) is 4.79 Å². The van der Waals surface area contributed by atoms with Gasteiger partial charge in [0.25, 0.3) is 0 Å². The number of hydroxylamine groups is 2. The first kappa shape index (κ1) is 15.4. The van der Waals surface area contributed by atoms with Gasteiger partial charge in [-0.1, -0.05) is 0 Å². The molecule has 0 N–H and O–H groups in total. The van der Waals surface area contributed by atoms with Crippen LogP contribution in [0, 0.1) is 5.41 Å². The Labute approximate surface area is 110 Å². The predicted molar refractivity (Wildman–Crippen MR) is 69.3 cm³/mol. The second kappa shape index (κ2) is 4.49. The molecule has 0 aromatic rings. The van der Waals surface area contributed by atoms with Gasteiger partial charge in [-0.25, -0.2) is 0 Å². The lowest BCUT2D eigenvalue weighted by Crippen LogP contribution is -2.60. The van der Waals surface area contributed by atoms with Gasteiger partial charge in [-0.15, -0.1) is 10.3 Å². The van der Waals surface area contributed by atoms with E-state index in [2.05, 4.69) is 0 Å². The first-order valence-corrected chi connectivity index (χ1v) is 6.55. The first-order valence-electron chi connectivity index (χ1n) is 6.55. The lowest BCUT2D eigenvalue weighted by Gasteiger charge is -2.49. The molecule has 0 unspecified atom stereocenters. The van der Waals surface area contributed by atoms with Crippen molar-refractivity contribution in [1.82, 2.24) is 5.06 Å². The van der Waals surface area contributed by atoms with Crippen molar-refractivity contribution in [1.29, 1.82) is 0 Å². The first-order chi connectivity index (χ1) is 7.86. The van der Waals surface area contributed by atoms with Gasteiger partial charge in [-0.2, -0.15) is 0 Å². The van der Waals surface area contributed by atoms with Crippen LogP contribution in [0.1, 0.15) is 61.3 Å². The lowest BCUT2D eigenvalue weighted by molar-refractivity contribution is -0.299. The van der Waals surface area contributed by atoms with Crippen LogP contribution in [0.25, 0.3) is 0 Å². The van der Waals surface area contributed by atoms with E-state index in [9.17, 15) is 10.0 Å². The van der Waals surface area contributed by atoms with E-state index in [0.717, 1.165) is 5.06 Å². The van der Waals surface area contributed by atoms with Crippen molar-refractivity contribution in [2.45, 2.75) is 78.5 Å². The van der Waals surface area contributed by atoms with Crippen molar-refractivity contribution in [2.75, 3.05) is 0 Å². The lowest BCUT2D eigenvalue weighted by atomic mass is 9.80. The molecule has 18 heavy (non-hydrogen) atoms. The summed E-state index contributed by atoms with van der Waals surface area (Å²) in [4.78, 5) is 11.9. The van der Waals surface area contributed by atoms with Gasteiger partial charge < -0.3 is 4.74 Å². The minimum absolute atomic E-state index is 0.174. The third-order valence-corrected chi connectivity index (χ3v) is 3.44. The van der Waals surface area contributed by atoms with E-state index in [4.69, 9.17) is 4.74 Å². The van der Waals surface area contributed by atoms with Crippen LogP contribution in [0.3, 0.4) is 0 Å². The number of hydrogen-bond acceptors (Lipinski definition) is 3. The summed E-state index contributed by atoms with van der Waals surface area (Å²) in [6.45, 7) is 13.1. The van der Waals surface area contributed by atoms with Gasteiger partial charge in [0, 0.05) is 23.9 Å². The Morgan fingerprint density at radius 2 is 1.50 bits per heavy atom. The molecule has 1 aliphatic rings. The van der Waals surface area contributed by atoms with Gasteiger partial charge in [0.15, 0.2) is 0 Å². The van der Waals surface area contributed by atoms with Crippen LogP contribution in [-0.4, -0.2) is 28.2 Å². The number of carbonyl (C=O) groups is 1. The van der Waals surface area contributed by atoms with Crippen LogP contribution < -0.4 is 0 Å². The van der Waals surface area contributed by atoms with Crippen LogP contribution in [0.4, 0.5) is 0 Å². The molecule has 4 heteroatoms. The molecular formula is C14H26NO3. The second-order valence-electron chi connectivity index (χ2n) is 7.60. The molecule has 4 nitrogen and oxygen atoms in total. The van der Waals surface area contributed by atoms with E-state index in [1.54, 1.807) is 0 Å². The highest BCUT2D eigenvalue weighted by molar-refractivity contribution is 5.75. The largest absolute Gasteiger partial charge is 0.462 e. The Hall–Kier alpha value is -0.610. The fourth-order valence-electron chi connectivity index (χ4n) is 2.58. The van der Waals surface area contributed by atoms with Gasteiger partial charge in [0.2, 0.25) is 0 Å². The Balaban J connectivity index is 2.79. The summed E-state index contributed by atoms with van der Waals surface area (Å²) in [5.74, 6) is -0.196. The minimum atomic E-state index is -0.497. The summed E-state index contributed by atoms with van der Waals surface area (Å²) < 4.78 is 5.57. The van der Waals surface area contributed by atoms with E-state index >= 15 is 0 Å². The molecule has 1 heterocycles. The molecular weight excluding hydrogens is 230 g/mol. The average Bonchev–Trinajstić information content (AvgIpc) is 2.11. The minimum Gasteiger partial charge on any atom is -0.462 e. The number of nitrogens with zero attached hydrogens (tertiary/aromatic N) is 1. The maximum absolute atomic E-state index is 12.2. The molecule has 1 aliphatic heterocycles. The highest BCUT2D eigenvalue weighted by Crippen LogP contribution is 2.38. The molecule has 0 saturated carbocycles. The molecule has 1 saturated heterocycles. The topological polar surface area (TPSA) is 49.4 Å². The van der Waals surface area contributed by atoms with Crippen LogP contribution >= 0.6 is 0 Å². The SMILES string of the molecule is CC(C)(C)C(=O)OC1CC(C)(C)N([O])C(C)(C)C1. The Kier molecular flexibility index (Phi) is 3.86. The fraction of sp³-hybridized carbons (Fsp3) is 0.929. The number of hydrogen-bond donors (Lipinski definition) is 0. The van der Waals surface area contributed by atoms with Crippen LogP contribution in [0.15, 0.2) is 0 Å². The molecule has 0 aliphatic carbocycles.